The molecule has 5 atom stereocenters. The van der Waals surface area contributed by atoms with Gasteiger partial charge in [0, 0.05) is 25.1 Å². The molecule has 0 saturated heterocycles. The van der Waals surface area contributed by atoms with Crippen LogP contribution in [0.5, 0.6) is 11.5 Å². The van der Waals surface area contributed by atoms with E-state index in [9.17, 15) is 28.9 Å². The molecule has 13 heteroatoms. The van der Waals surface area contributed by atoms with E-state index in [1.54, 1.807) is 22.8 Å². The largest absolute Gasteiger partial charge is 0.504 e. The third kappa shape index (κ3) is 4.78. The average molecular weight is 591 g/mol. The third-order valence-electron chi connectivity index (χ3n) is 8.25. The first-order valence-electron chi connectivity index (χ1n) is 13.6. The van der Waals surface area contributed by atoms with Gasteiger partial charge in [0.2, 0.25) is 11.7 Å². The Balaban J connectivity index is 1.36. The monoisotopic (exact) mass is 590 g/mol. The molecule has 0 radical (unpaired) electrons. The number of rotatable bonds is 7. The molecule has 2 aliphatic carbocycles. The van der Waals surface area contributed by atoms with Crippen molar-refractivity contribution in [3.63, 3.8) is 0 Å². The number of phenols is 1. The van der Waals surface area contributed by atoms with Crippen molar-refractivity contribution in [1.82, 2.24) is 24.8 Å². The summed E-state index contributed by atoms with van der Waals surface area (Å²) in [6.45, 7) is 0.399. The predicted octanol–water partition coefficient (Wildman–Crippen LogP) is 1.90. The van der Waals surface area contributed by atoms with Gasteiger partial charge in [-0.2, -0.15) is 0 Å². The van der Waals surface area contributed by atoms with Crippen LogP contribution in [0.2, 0.25) is 0 Å². The summed E-state index contributed by atoms with van der Waals surface area (Å²) in [7, 11) is 2.96. The number of imidazole rings is 1. The summed E-state index contributed by atoms with van der Waals surface area (Å²) in [6.07, 6.45) is -0.107. The van der Waals surface area contributed by atoms with E-state index in [1.807, 2.05) is 0 Å². The number of phenolic OH excluding ortho intramolecular Hbond substituents is 1. The number of aliphatic hydroxyl groups excluding tert-OH is 2. The minimum absolute atomic E-state index is 0.0295. The zero-order valence-corrected chi connectivity index (χ0v) is 23.2. The topological polar surface area (TPSA) is 155 Å². The minimum atomic E-state index is -1.27. The molecule has 2 aromatic carbocycles. The van der Waals surface area contributed by atoms with Crippen molar-refractivity contribution < 1.29 is 33.6 Å². The number of aromatic nitrogens is 4. The maximum absolute atomic E-state index is 13.7. The van der Waals surface area contributed by atoms with Crippen LogP contribution >= 0.6 is 0 Å². The van der Waals surface area contributed by atoms with E-state index in [0.717, 1.165) is 17.7 Å². The fraction of sp³-hybridized carbons (Fsp3) is 0.333. The summed E-state index contributed by atoms with van der Waals surface area (Å²) in [6, 6.07) is 7.63. The Hall–Kier alpha value is -4.80. The van der Waals surface area contributed by atoms with Gasteiger partial charge in [-0.15, -0.1) is 0 Å². The van der Waals surface area contributed by atoms with Crippen molar-refractivity contribution in [2.75, 3.05) is 26.0 Å². The Kier molecular flexibility index (Phi) is 7.11. The van der Waals surface area contributed by atoms with E-state index in [4.69, 9.17) is 4.74 Å². The molecule has 0 aliphatic heterocycles. The molecule has 2 aromatic heterocycles. The lowest BCUT2D eigenvalue weighted by molar-refractivity contribution is -0.132. The number of aliphatic hydroxyl groups is 2. The quantitative estimate of drug-likeness (QED) is 0.203. The van der Waals surface area contributed by atoms with Gasteiger partial charge in [0.15, 0.2) is 40.1 Å². The van der Waals surface area contributed by atoms with Crippen LogP contribution in [0.15, 0.2) is 42.7 Å². The van der Waals surface area contributed by atoms with Crippen molar-refractivity contribution in [3.8, 4) is 23.3 Å². The van der Waals surface area contributed by atoms with Gasteiger partial charge in [0.1, 0.15) is 6.10 Å². The zero-order valence-electron chi connectivity index (χ0n) is 23.2. The number of carbonyl (C=O) groups excluding carboxylic acids is 1. The zero-order chi connectivity index (χ0) is 30.5. The van der Waals surface area contributed by atoms with Gasteiger partial charge in [0.05, 0.1) is 31.0 Å². The number of hydrogen-bond donors (Lipinski definition) is 5. The van der Waals surface area contributed by atoms with E-state index < -0.39 is 35.3 Å². The summed E-state index contributed by atoms with van der Waals surface area (Å²) in [4.78, 5) is 26.2. The number of benzene rings is 2. The van der Waals surface area contributed by atoms with Gasteiger partial charge in [-0.05, 0) is 54.7 Å². The summed E-state index contributed by atoms with van der Waals surface area (Å²) in [5, 5.41) is 37.6. The molecular weight excluding hydrogens is 562 g/mol. The second-order valence-corrected chi connectivity index (χ2v) is 10.6. The highest BCUT2D eigenvalue weighted by Gasteiger charge is 2.75. The average Bonchev–Trinajstić information content (AvgIpc) is 3.54. The summed E-state index contributed by atoms with van der Waals surface area (Å²) in [5.74, 6) is 3.59. The van der Waals surface area contributed by atoms with Crippen molar-refractivity contribution in [2.24, 2.45) is 11.3 Å². The third-order valence-corrected chi connectivity index (χ3v) is 8.25. The first-order valence-corrected chi connectivity index (χ1v) is 13.6. The number of nitrogens with one attached hydrogen (secondary N) is 2. The Morgan fingerprint density at radius 3 is 2.72 bits per heavy atom. The lowest BCUT2D eigenvalue weighted by Gasteiger charge is -2.23. The number of carbonyl (C=O) groups is 1. The maximum atomic E-state index is 13.7. The molecule has 2 saturated carbocycles. The van der Waals surface area contributed by atoms with Crippen molar-refractivity contribution in [3.05, 3.63) is 71.3 Å². The number of ether oxygens (including phenoxy) is 1. The van der Waals surface area contributed by atoms with Gasteiger partial charge in [-0.25, -0.2) is 23.7 Å². The molecular formula is C30H28F2N6O5. The summed E-state index contributed by atoms with van der Waals surface area (Å²) >= 11 is 0. The molecule has 5 N–H and O–H groups in total. The standard InChI is InChI=1S/C30H28F2N6O5/c1-33-29(42)30-13-17(30)24(25(40)26(30)41)38-14-35-23-27(34-10-9-16-4-7-20(39)21(12-16)43-2)36-22(37-28(23)38)8-5-15-3-6-18(31)19(32)11-15/h3-4,6-7,11-12,14,17,24-26,39-41H,9-10,13H2,1-2H3,(H,33,42)(H,34,36,37)/t17-,24-,25+,26+,30+/m1/s1. The molecule has 2 aliphatic rings. The van der Waals surface area contributed by atoms with E-state index in [-0.39, 0.29) is 29.0 Å². The number of hydrogen-bond acceptors (Lipinski definition) is 9. The van der Waals surface area contributed by atoms with Crippen LogP contribution in [0.1, 0.15) is 29.4 Å². The van der Waals surface area contributed by atoms with Crippen LogP contribution in [0.3, 0.4) is 0 Å². The molecule has 0 unspecified atom stereocenters. The van der Waals surface area contributed by atoms with Crippen LogP contribution in [-0.2, 0) is 11.2 Å². The molecule has 222 valence electrons. The van der Waals surface area contributed by atoms with Gasteiger partial charge in [-0.3, -0.25) is 4.79 Å². The Morgan fingerprint density at radius 1 is 1.16 bits per heavy atom. The first-order chi connectivity index (χ1) is 20.7. The molecule has 2 heterocycles. The molecule has 0 spiro atoms. The number of fused-ring (bicyclic) bond motifs is 2. The fourth-order valence-electron chi connectivity index (χ4n) is 6.01. The lowest BCUT2D eigenvalue weighted by atomic mass is 9.98. The molecule has 2 fully saturated rings. The van der Waals surface area contributed by atoms with E-state index >= 15 is 0 Å². The first kappa shape index (κ1) is 28.3. The van der Waals surface area contributed by atoms with E-state index in [2.05, 4.69) is 37.4 Å². The lowest BCUT2D eigenvalue weighted by Crippen LogP contribution is -2.41. The van der Waals surface area contributed by atoms with Crippen LogP contribution in [-0.4, -0.2) is 73.7 Å². The number of nitrogens with zero attached hydrogens (tertiary/aromatic N) is 4. The second kappa shape index (κ2) is 10.8. The number of amides is 1. The SMILES string of the molecule is CNC(=O)[C@@]12C[C@@H]1[C@@H](n1cnc3c(NCCc4ccc(O)c(OC)c4)nc(C#Cc4ccc(F)c(F)c4)nc31)[C@H](O)[C@@H]2O. The van der Waals surface area contributed by atoms with Crippen molar-refractivity contribution >= 4 is 22.9 Å². The van der Waals surface area contributed by atoms with Gasteiger partial charge < -0.3 is 35.3 Å². The highest BCUT2D eigenvalue weighted by molar-refractivity contribution is 5.88. The Morgan fingerprint density at radius 2 is 1.98 bits per heavy atom. The van der Waals surface area contributed by atoms with Crippen molar-refractivity contribution in [1.29, 1.82) is 0 Å². The highest BCUT2D eigenvalue weighted by atomic mass is 19.2. The molecule has 0 bridgehead atoms. The summed E-state index contributed by atoms with van der Waals surface area (Å²) in [5.41, 5.74) is 0.702. The molecule has 1 amide bonds. The van der Waals surface area contributed by atoms with Crippen LogP contribution < -0.4 is 15.4 Å². The molecule has 6 rings (SSSR count). The van der Waals surface area contributed by atoms with E-state index in [0.29, 0.717) is 42.1 Å². The fourth-order valence-corrected chi connectivity index (χ4v) is 6.01. The number of anilines is 1. The molecule has 4 aromatic rings. The maximum Gasteiger partial charge on any atom is 0.229 e. The van der Waals surface area contributed by atoms with Gasteiger partial charge in [-0.1, -0.05) is 12.0 Å². The minimum Gasteiger partial charge on any atom is -0.504 e. The molecule has 11 nitrogen and oxygen atoms in total. The van der Waals surface area contributed by atoms with Gasteiger partial charge in [0.25, 0.3) is 0 Å². The Labute approximate surface area is 244 Å². The van der Waals surface area contributed by atoms with E-state index in [1.165, 1.54) is 26.6 Å². The smallest absolute Gasteiger partial charge is 0.229 e. The predicted molar refractivity (Wildman–Crippen MR) is 150 cm³/mol. The van der Waals surface area contributed by atoms with Gasteiger partial charge >= 0.3 is 0 Å². The molecule has 43 heavy (non-hydrogen) atoms. The number of aromatic hydroxyl groups is 1. The highest BCUT2D eigenvalue weighted by Crippen LogP contribution is 2.67. The summed E-state index contributed by atoms with van der Waals surface area (Å²) < 4.78 is 34.0. The van der Waals surface area contributed by atoms with Crippen LogP contribution in [0.4, 0.5) is 14.6 Å². The normalized spacial score (nSPS) is 23.8. The van der Waals surface area contributed by atoms with Crippen molar-refractivity contribution in [2.45, 2.75) is 31.1 Å². The number of halogens is 2. The van der Waals surface area contributed by atoms with Crippen LogP contribution in [0.25, 0.3) is 11.2 Å². The second-order valence-electron chi connectivity index (χ2n) is 10.6. The van der Waals surface area contributed by atoms with Crippen LogP contribution in [0, 0.1) is 34.8 Å². The number of methoxy groups -OCH3 is 1. The Bertz CT molecular complexity index is 1800.